The molecule has 3 rings (SSSR count). The predicted molar refractivity (Wildman–Crippen MR) is 131 cm³/mol. The molecule has 4 nitrogen and oxygen atoms in total. The van der Waals surface area contributed by atoms with Gasteiger partial charge in [-0.1, -0.05) is 85.3 Å². The van der Waals surface area contributed by atoms with Gasteiger partial charge in [0.1, 0.15) is 6.04 Å². The van der Waals surface area contributed by atoms with E-state index in [0.29, 0.717) is 18.0 Å². The highest BCUT2D eigenvalue weighted by atomic mass is 35.5. The molecule has 1 fully saturated rings. The summed E-state index contributed by atoms with van der Waals surface area (Å²) in [7, 11) is 0. The van der Waals surface area contributed by atoms with Crippen molar-refractivity contribution in [1.82, 2.24) is 10.2 Å². The number of hydrogen-bond acceptors (Lipinski definition) is 2. The molecule has 2 aromatic carbocycles. The average Bonchev–Trinajstić information content (AvgIpc) is 2.75. The molecule has 0 heterocycles. The van der Waals surface area contributed by atoms with E-state index in [0.717, 1.165) is 47.9 Å². The quantitative estimate of drug-likeness (QED) is 0.551. The fraction of sp³-hybridized carbons (Fsp3) is 0.481. The van der Waals surface area contributed by atoms with Crippen LogP contribution in [-0.2, 0) is 22.6 Å². The van der Waals surface area contributed by atoms with Gasteiger partial charge in [-0.15, -0.1) is 0 Å². The van der Waals surface area contributed by atoms with E-state index >= 15 is 0 Å². The normalized spacial score (nSPS) is 15.2. The van der Waals surface area contributed by atoms with E-state index in [-0.39, 0.29) is 24.3 Å². The molecule has 172 valence electrons. The topological polar surface area (TPSA) is 49.4 Å². The summed E-state index contributed by atoms with van der Waals surface area (Å²) in [5.74, 6) is -0.110. The molecule has 1 saturated carbocycles. The second kappa shape index (κ2) is 11.5. The Morgan fingerprint density at radius 3 is 2.34 bits per heavy atom. The van der Waals surface area contributed by atoms with Crippen molar-refractivity contribution >= 4 is 23.4 Å². The van der Waals surface area contributed by atoms with Crippen LogP contribution in [0, 0.1) is 13.8 Å². The number of carbonyl (C=O) groups is 2. The maximum atomic E-state index is 13.6. The van der Waals surface area contributed by atoms with Gasteiger partial charge in [-0.2, -0.15) is 0 Å². The Labute approximate surface area is 197 Å². The SMILES string of the molecule is CC[C@@H](C(=O)NC1CCCCC1)N(Cc1ccccc1Cl)C(=O)Cc1cc(C)cc(C)c1. The first-order valence-electron chi connectivity index (χ1n) is 11.8. The van der Waals surface area contributed by atoms with Crippen molar-refractivity contribution < 1.29 is 9.59 Å². The Morgan fingerprint density at radius 2 is 1.72 bits per heavy atom. The van der Waals surface area contributed by atoms with E-state index in [1.807, 2.05) is 57.2 Å². The molecule has 0 radical (unpaired) electrons. The lowest BCUT2D eigenvalue weighted by molar-refractivity contribution is -0.141. The molecule has 0 bridgehead atoms. The van der Waals surface area contributed by atoms with Crippen LogP contribution in [0.25, 0.3) is 0 Å². The molecule has 1 atom stereocenters. The van der Waals surface area contributed by atoms with E-state index in [4.69, 9.17) is 11.6 Å². The monoisotopic (exact) mass is 454 g/mol. The number of hydrogen-bond donors (Lipinski definition) is 1. The van der Waals surface area contributed by atoms with E-state index < -0.39 is 6.04 Å². The maximum absolute atomic E-state index is 13.6. The van der Waals surface area contributed by atoms with Gasteiger partial charge in [-0.05, 0) is 50.3 Å². The first kappa shape index (κ1) is 24.3. The largest absolute Gasteiger partial charge is 0.352 e. The predicted octanol–water partition coefficient (Wildman–Crippen LogP) is 5.76. The van der Waals surface area contributed by atoms with E-state index in [2.05, 4.69) is 11.4 Å². The Morgan fingerprint density at radius 1 is 1.06 bits per heavy atom. The minimum atomic E-state index is -0.522. The van der Waals surface area contributed by atoms with Gasteiger partial charge < -0.3 is 10.2 Å². The highest BCUT2D eigenvalue weighted by Gasteiger charge is 2.30. The van der Waals surface area contributed by atoms with Crippen molar-refractivity contribution in [3.8, 4) is 0 Å². The fourth-order valence-corrected chi connectivity index (χ4v) is 4.92. The van der Waals surface area contributed by atoms with Gasteiger partial charge in [0, 0.05) is 17.6 Å². The Bertz CT molecular complexity index is 917. The third-order valence-electron chi connectivity index (χ3n) is 6.27. The number of rotatable bonds is 8. The average molecular weight is 455 g/mol. The zero-order valence-electron chi connectivity index (χ0n) is 19.5. The van der Waals surface area contributed by atoms with Crippen molar-refractivity contribution in [2.24, 2.45) is 0 Å². The van der Waals surface area contributed by atoms with Crippen LogP contribution in [0.1, 0.15) is 67.7 Å². The van der Waals surface area contributed by atoms with Crippen LogP contribution in [0.15, 0.2) is 42.5 Å². The molecule has 0 spiro atoms. The molecule has 0 unspecified atom stereocenters. The number of nitrogens with zero attached hydrogens (tertiary/aromatic N) is 1. The summed E-state index contributed by atoms with van der Waals surface area (Å²) in [6.45, 7) is 6.36. The molecular formula is C27H35ClN2O2. The van der Waals surface area contributed by atoms with Crippen LogP contribution >= 0.6 is 11.6 Å². The molecule has 0 aliphatic heterocycles. The maximum Gasteiger partial charge on any atom is 0.243 e. The van der Waals surface area contributed by atoms with Gasteiger partial charge in [0.15, 0.2) is 0 Å². The summed E-state index contributed by atoms with van der Waals surface area (Å²) in [6.07, 6.45) is 6.39. The summed E-state index contributed by atoms with van der Waals surface area (Å²) in [4.78, 5) is 28.6. The fourth-order valence-electron chi connectivity index (χ4n) is 4.72. The Balaban J connectivity index is 1.84. The summed E-state index contributed by atoms with van der Waals surface area (Å²) >= 11 is 6.42. The standard InChI is InChI=1S/C27H35ClN2O2/c1-4-25(27(32)29-23-11-6-5-7-12-23)30(18-22-10-8-9-13-24(22)28)26(31)17-21-15-19(2)14-20(3)16-21/h8-10,13-16,23,25H,4-7,11-12,17-18H2,1-3H3,(H,29,32)/t25-/m0/s1. The van der Waals surface area contributed by atoms with Crippen LogP contribution in [-0.4, -0.2) is 28.8 Å². The highest BCUT2D eigenvalue weighted by molar-refractivity contribution is 6.31. The third-order valence-corrected chi connectivity index (χ3v) is 6.64. The van der Waals surface area contributed by atoms with Crippen LogP contribution in [0.2, 0.25) is 5.02 Å². The Hall–Kier alpha value is -2.33. The van der Waals surface area contributed by atoms with Crippen LogP contribution in [0.3, 0.4) is 0 Å². The van der Waals surface area contributed by atoms with Crippen molar-refractivity contribution in [3.63, 3.8) is 0 Å². The lowest BCUT2D eigenvalue weighted by Gasteiger charge is -2.33. The number of benzene rings is 2. The summed E-state index contributed by atoms with van der Waals surface area (Å²) in [5, 5.41) is 3.83. The van der Waals surface area contributed by atoms with Crippen LogP contribution < -0.4 is 5.32 Å². The lowest BCUT2D eigenvalue weighted by Crippen LogP contribution is -2.52. The summed E-state index contributed by atoms with van der Waals surface area (Å²) in [5.41, 5.74) is 4.09. The van der Waals surface area contributed by atoms with E-state index in [9.17, 15) is 9.59 Å². The molecule has 2 aromatic rings. The minimum absolute atomic E-state index is 0.0550. The summed E-state index contributed by atoms with van der Waals surface area (Å²) < 4.78 is 0. The number of aryl methyl sites for hydroxylation is 2. The first-order valence-corrected chi connectivity index (χ1v) is 12.2. The smallest absolute Gasteiger partial charge is 0.243 e. The minimum Gasteiger partial charge on any atom is -0.352 e. The summed E-state index contributed by atoms with van der Waals surface area (Å²) in [6, 6.07) is 13.4. The molecule has 0 saturated heterocycles. The third kappa shape index (κ3) is 6.59. The molecule has 1 aliphatic rings. The second-order valence-electron chi connectivity index (χ2n) is 9.05. The number of nitrogens with one attached hydrogen (secondary N) is 1. The second-order valence-corrected chi connectivity index (χ2v) is 9.46. The van der Waals surface area contributed by atoms with Gasteiger partial charge in [0.2, 0.25) is 11.8 Å². The number of halogens is 1. The zero-order valence-corrected chi connectivity index (χ0v) is 20.3. The molecule has 5 heteroatoms. The van der Waals surface area contributed by atoms with Gasteiger partial charge in [-0.3, -0.25) is 9.59 Å². The molecule has 1 N–H and O–H groups in total. The van der Waals surface area contributed by atoms with Crippen molar-refractivity contribution in [2.75, 3.05) is 0 Å². The molecule has 2 amide bonds. The zero-order chi connectivity index (χ0) is 23.1. The van der Waals surface area contributed by atoms with Crippen molar-refractivity contribution in [2.45, 2.75) is 84.3 Å². The molecule has 1 aliphatic carbocycles. The van der Waals surface area contributed by atoms with Crippen LogP contribution in [0.5, 0.6) is 0 Å². The molecule has 32 heavy (non-hydrogen) atoms. The lowest BCUT2D eigenvalue weighted by atomic mass is 9.95. The Kier molecular flexibility index (Phi) is 8.75. The molecule has 0 aromatic heterocycles. The molecular weight excluding hydrogens is 420 g/mol. The van der Waals surface area contributed by atoms with Crippen molar-refractivity contribution in [1.29, 1.82) is 0 Å². The first-order chi connectivity index (χ1) is 15.4. The van der Waals surface area contributed by atoms with E-state index in [1.54, 1.807) is 4.90 Å². The number of amides is 2. The van der Waals surface area contributed by atoms with Gasteiger partial charge in [-0.25, -0.2) is 0 Å². The van der Waals surface area contributed by atoms with Crippen LogP contribution in [0.4, 0.5) is 0 Å². The van der Waals surface area contributed by atoms with E-state index in [1.165, 1.54) is 6.42 Å². The number of carbonyl (C=O) groups excluding carboxylic acids is 2. The van der Waals surface area contributed by atoms with Crippen molar-refractivity contribution in [3.05, 3.63) is 69.7 Å². The van der Waals surface area contributed by atoms with Gasteiger partial charge in [0.05, 0.1) is 6.42 Å². The highest BCUT2D eigenvalue weighted by Crippen LogP contribution is 2.22. The van der Waals surface area contributed by atoms with Gasteiger partial charge in [0.25, 0.3) is 0 Å². The van der Waals surface area contributed by atoms with Gasteiger partial charge >= 0.3 is 0 Å².